The smallest absolute Gasteiger partial charge is 0.182 e. The summed E-state index contributed by atoms with van der Waals surface area (Å²) in [6.45, 7) is 0.331. The van der Waals surface area contributed by atoms with Crippen LogP contribution >= 0.6 is 11.5 Å². The molecule has 1 fully saturated rings. The third-order valence-corrected chi connectivity index (χ3v) is 5.51. The van der Waals surface area contributed by atoms with E-state index in [2.05, 4.69) is 9.69 Å². The van der Waals surface area contributed by atoms with Crippen LogP contribution in [0.15, 0.2) is 4.90 Å². The van der Waals surface area contributed by atoms with Crippen molar-refractivity contribution in [1.82, 2.24) is 4.37 Å². The van der Waals surface area contributed by atoms with Gasteiger partial charge in [-0.1, -0.05) is 19.3 Å². The first kappa shape index (κ1) is 14.5. The summed E-state index contributed by atoms with van der Waals surface area (Å²) in [6, 6.07) is 0. The van der Waals surface area contributed by atoms with Crippen molar-refractivity contribution in [3.8, 4) is 0 Å². The first-order valence-electron chi connectivity index (χ1n) is 6.23. The molecule has 0 unspecified atom stereocenters. The largest absolute Gasteiger partial charge is 0.388 e. The van der Waals surface area contributed by atoms with E-state index in [9.17, 15) is 13.5 Å². The first-order chi connectivity index (χ1) is 8.82. The lowest BCUT2D eigenvalue weighted by atomic mass is 9.85. The zero-order valence-electron chi connectivity index (χ0n) is 10.8. The lowest BCUT2D eigenvalue weighted by Crippen LogP contribution is -2.38. The quantitative estimate of drug-likeness (QED) is 0.773. The van der Waals surface area contributed by atoms with Crippen LogP contribution in [0.4, 0.5) is 10.8 Å². The van der Waals surface area contributed by atoms with Gasteiger partial charge in [0, 0.05) is 12.8 Å². The molecule has 0 radical (unpaired) electrons. The van der Waals surface area contributed by atoms with Crippen molar-refractivity contribution in [3.05, 3.63) is 0 Å². The van der Waals surface area contributed by atoms with E-state index in [1.165, 1.54) is 0 Å². The van der Waals surface area contributed by atoms with Gasteiger partial charge in [-0.25, -0.2) is 8.42 Å². The Balaban J connectivity index is 2.12. The Morgan fingerprint density at radius 2 is 2.05 bits per heavy atom. The van der Waals surface area contributed by atoms with Crippen molar-refractivity contribution in [1.29, 1.82) is 0 Å². The SMILES string of the molecule is CS(=O)(=O)c1c(N)nsc1NCC1(O)CCCCC1. The fourth-order valence-corrected chi connectivity index (χ4v) is 4.46. The molecule has 108 valence electrons. The van der Waals surface area contributed by atoms with E-state index in [1.54, 1.807) is 0 Å². The number of nitrogens with zero attached hydrogens (tertiary/aromatic N) is 1. The molecule has 1 aromatic heterocycles. The number of sulfone groups is 1. The summed E-state index contributed by atoms with van der Waals surface area (Å²) in [5.41, 5.74) is 4.83. The highest BCUT2D eigenvalue weighted by Gasteiger charge is 2.30. The predicted molar refractivity (Wildman–Crippen MR) is 76.2 cm³/mol. The minimum Gasteiger partial charge on any atom is -0.388 e. The third-order valence-electron chi connectivity index (χ3n) is 3.41. The molecule has 8 heteroatoms. The number of hydrogen-bond donors (Lipinski definition) is 3. The number of aromatic nitrogens is 1. The topological polar surface area (TPSA) is 105 Å². The number of rotatable bonds is 4. The van der Waals surface area contributed by atoms with Gasteiger partial charge in [-0.2, -0.15) is 4.37 Å². The molecule has 0 bridgehead atoms. The minimum atomic E-state index is -3.41. The van der Waals surface area contributed by atoms with Crippen molar-refractivity contribution in [3.63, 3.8) is 0 Å². The van der Waals surface area contributed by atoms with Crippen molar-refractivity contribution >= 4 is 32.2 Å². The van der Waals surface area contributed by atoms with Gasteiger partial charge in [0.15, 0.2) is 15.7 Å². The van der Waals surface area contributed by atoms with E-state index in [-0.39, 0.29) is 10.7 Å². The van der Waals surface area contributed by atoms with E-state index < -0.39 is 15.4 Å². The van der Waals surface area contributed by atoms with Gasteiger partial charge < -0.3 is 16.2 Å². The van der Waals surface area contributed by atoms with Crippen LogP contribution in [-0.4, -0.2) is 36.3 Å². The Bertz CT molecular complexity index is 548. The molecule has 0 atom stereocenters. The van der Waals surface area contributed by atoms with Gasteiger partial charge in [-0.05, 0) is 24.4 Å². The molecule has 6 nitrogen and oxygen atoms in total. The Hall–Kier alpha value is -0.860. The standard InChI is InChI=1S/C11H19N3O3S2/c1-19(16,17)8-9(12)14-18-10(8)13-7-11(15)5-3-2-4-6-11/h13,15H,2-7H2,1H3,(H2,12,14). The summed E-state index contributed by atoms with van der Waals surface area (Å²) < 4.78 is 27.2. The number of nitrogens with two attached hydrogens (primary N) is 1. The molecule has 0 aromatic carbocycles. The van der Waals surface area contributed by atoms with Gasteiger partial charge in [-0.3, -0.25) is 0 Å². The van der Waals surface area contributed by atoms with Gasteiger partial charge in [0.05, 0.1) is 5.60 Å². The predicted octanol–water partition coefficient (Wildman–Crippen LogP) is 1.24. The molecule has 1 aliphatic carbocycles. The average Bonchev–Trinajstić information content (AvgIpc) is 2.69. The van der Waals surface area contributed by atoms with Gasteiger partial charge in [-0.15, -0.1) is 0 Å². The van der Waals surface area contributed by atoms with E-state index in [4.69, 9.17) is 5.73 Å². The fourth-order valence-electron chi connectivity index (χ4n) is 2.40. The molecule has 2 rings (SSSR count). The third kappa shape index (κ3) is 3.37. The second-order valence-corrected chi connectivity index (χ2v) is 7.86. The molecule has 0 amide bonds. The van der Waals surface area contributed by atoms with E-state index >= 15 is 0 Å². The molecule has 0 aliphatic heterocycles. The van der Waals surface area contributed by atoms with Crippen LogP contribution in [-0.2, 0) is 9.84 Å². The lowest BCUT2D eigenvalue weighted by molar-refractivity contribution is 0.0167. The summed E-state index contributed by atoms with van der Waals surface area (Å²) in [6.07, 6.45) is 5.73. The zero-order chi connectivity index (χ0) is 14.1. The van der Waals surface area contributed by atoms with Crippen molar-refractivity contribution < 1.29 is 13.5 Å². The zero-order valence-corrected chi connectivity index (χ0v) is 12.5. The lowest BCUT2D eigenvalue weighted by Gasteiger charge is -2.32. The summed E-state index contributed by atoms with van der Waals surface area (Å²) in [4.78, 5) is 0.0388. The van der Waals surface area contributed by atoms with Gasteiger partial charge in [0.1, 0.15) is 9.90 Å². The van der Waals surface area contributed by atoms with Gasteiger partial charge >= 0.3 is 0 Å². The molecule has 1 saturated carbocycles. The second kappa shape index (κ2) is 5.26. The van der Waals surface area contributed by atoms with Crippen molar-refractivity contribution in [2.24, 2.45) is 0 Å². The average molecular weight is 305 g/mol. The first-order valence-corrected chi connectivity index (χ1v) is 8.90. The number of nitrogens with one attached hydrogen (secondary N) is 1. The molecule has 4 N–H and O–H groups in total. The number of aliphatic hydroxyl groups is 1. The summed E-state index contributed by atoms with van der Waals surface area (Å²) in [5.74, 6) is 0.0191. The maximum atomic E-state index is 11.7. The Kier molecular flexibility index (Phi) is 4.03. The normalized spacial score (nSPS) is 19.3. The van der Waals surface area contributed by atoms with E-state index in [0.717, 1.165) is 49.9 Å². The van der Waals surface area contributed by atoms with Gasteiger partial charge in [0.2, 0.25) is 0 Å². The summed E-state index contributed by atoms with van der Waals surface area (Å²) >= 11 is 1.01. The molecule has 1 aliphatic rings. The van der Waals surface area contributed by atoms with Crippen molar-refractivity contribution in [2.45, 2.75) is 42.6 Å². The Morgan fingerprint density at radius 1 is 1.42 bits per heavy atom. The van der Waals surface area contributed by atoms with Crippen LogP contribution in [0.3, 0.4) is 0 Å². The molecule has 1 heterocycles. The van der Waals surface area contributed by atoms with Crippen LogP contribution in [0, 0.1) is 0 Å². The molecule has 1 aromatic rings. The minimum absolute atomic E-state index is 0.0191. The van der Waals surface area contributed by atoms with Crippen molar-refractivity contribution in [2.75, 3.05) is 23.9 Å². The Labute approximate surface area is 117 Å². The number of hydrogen-bond acceptors (Lipinski definition) is 7. The molecule has 0 spiro atoms. The highest BCUT2D eigenvalue weighted by Crippen LogP contribution is 2.33. The van der Waals surface area contributed by atoms with E-state index in [1.807, 2.05) is 0 Å². The molecular weight excluding hydrogens is 286 g/mol. The maximum Gasteiger partial charge on any atom is 0.182 e. The number of anilines is 2. The monoisotopic (exact) mass is 305 g/mol. The molecular formula is C11H19N3O3S2. The van der Waals surface area contributed by atoms with Crippen LogP contribution in [0.2, 0.25) is 0 Å². The molecule has 19 heavy (non-hydrogen) atoms. The van der Waals surface area contributed by atoms with Crippen LogP contribution < -0.4 is 11.1 Å². The number of nitrogen functional groups attached to an aromatic ring is 1. The highest BCUT2D eigenvalue weighted by atomic mass is 32.2. The fraction of sp³-hybridized carbons (Fsp3) is 0.727. The van der Waals surface area contributed by atoms with Crippen LogP contribution in [0.1, 0.15) is 32.1 Å². The van der Waals surface area contributed by atoms with Crippen LogP contribution in [0.25, 0.3) is 0 Å². The van der Waals surface area contributed by atoms with Gasteiger partial charge in [0.25, 0.3) is 0 Å². The highest BCUT2D eigenvalue weighted by molar-refractivity contribution is 7.91. The second-order valence-electron chi connectivity index (χ2n) is 5.14. The maximum absolute atomic E-state index is 11.7. The summed E-state index contributed by atoms with van der Waals surface area (Å²) in [7, 11) is -3.41. The van der Waals surface area contributed by atoms with E-state index in [0.29, 0.717) is 11.5 Å². The Morgan fingerprint density at radius 3 is 2.63 bits per heavy atom. The molecule has 0 saturated heterocycles. The van der Waals surface area contributed by atoms with Crippen LogP contribution in [0.5, 0.6) is 0 Å². The summed E-state index contributed by atoms with van der Waals surface area (Å²) in [5, 5.41) is 13.8.